The van der Waals surface area contributed by atoms with Gasteiger partial charge in [-0.15, -0.1) is 0 Å². The van der Waals surface area contributed by atoms with E-state index < -0.39 is 10.9 Å². The van der Waals surface area contributed by atoms with E-state index in [-0.39, 0.29) is 23.1 Å². The number of nitrogens with one attached hydrogen (secondary N) is 1. The minimum absolute atomic E-state index is 0.0202. The fraction of sp³-hybridized carbons (Fsp3) is 0.538. The number of aromatic nitrogens is 1. The van der Waals surface area contributed by atoms with Crippen LogP contribution in [0.4, 0.5) is 11.5 Å². The first kappa shape index (κ1) is 15.9. The third kappa shape index (κ3) is 4.18. The van der Waals surface area contributed by atoms with Crippen LogP contribution in [0, 0.1) is 16.0 Å². The van der Waals surface area contributed by atoms with Gasteiger partial charge >= 0.3 is 11.7 Å². The highest BCUT2D eigenvalue weighted by Gasteiger charge is 2.20. The molecule has 2 unspecified atom stereocenters. The SMILES string of the molecule is CCC(C)CC(C)Nc1ncc(C(=O)O)cc1[N+](=O)[O-]. The summed E-state index contributed by atoms with van der Waals surface area (Å²) in [5, 5.41) is 22.8. The van der Waals surface area contributed by atoms with Gasteiger partial charge in [0, 0.05) is 18.3 Å². The summed E-state index contributed by atoms with van der Waals surface area (Å²) in [5.74, 6) is -0.634. The quantitative estimate of drug-likeness (QED) is 0.588. The number of carboxylic acids is 1. The van der Waals surface area contributed by atoms with E-state index in [1.54, 1.807) is 0 Å². The number of hydrogen-bond acceptors (Lipinski definition) is 5. The molecule has 0 aliphatic rings. The van der Waals surface area contributed by atoms with Gasteiger partial charge in [0.05, 0.1) is 10.5 Å². The summed E-state index contributed by atoms with van der Waals surface area (Å²) >= 11 is 0. The van der Waals surface area contributed by atoms with Crippen molar-refractivity contribution in [2.24, 2.45) is 5.92 Å². The van der Waals surface area contributed by atoms with Gasteiger partial charge in [-0.25, -0.2) is 9.78 Å². The van der Waals surface area contributed by atoms with Crippen molar-refractivity contribution in [3.63, 3.8) is 0 Å². The van der Waals surface area contributed by atoms with Crippen molar-refractivity contribution >= 4 is 17.5 Å². The number of nitrogens with zero attached hydrogens (tertiary/aromatic N) is 2. The maximum atomic E-state index is 11.0. The molecule has 0 radical (unpaired) electrons. The van der Waals surface area contributed by atoms with E-state index >= 15 is 0 Å². The highest BCUT2D eigenvalue weighted by atomic mass is 16.6. The second kappa shape index (κ2) is 6.83. The van der Waals surface area contributed by atoms with Crippen molar-refractivity contribution in [3.05, 3.63) is 27.9 Å². The molecule has 2 atom stereocenters. The van der Waals surface area contributed by atoms with Crippen molar-refractivity contribution in [1.29, 1.82) is 0 Å². The molecule has 0 aliphatic heterocycles. The van der Waals surface area contributed by atoms with Crippen LogP contribution >= 0.6 is 0 Å². The molecule has 110 valence electrons. The normalized spacial score (nSPS) is 13.6. The fourth-order valence-electron chi connectivity index (χ4n) is 1.88. The van der Waals surface area contributed by atoms with Crippen LogP contribution in [0.2, 0.25) is 0 Å². The number of nitro groups is 1. The van der Waals surface area contributed by atoms with Gasteiger partial charge in [-0.2, -0.15) is 0 Å². The lowest BCUT2D eigenvalue weighted by Crippen LogP contribution is -2.20. The van der Waals surface area contributed by atoms with E-state index in [1.807, 2.05) is 6.92 Å². The number of hydrogen-bond donors (Lipinski definition) is 2. The number of rotatable bonds is 7. The number of anilines is 1. The van der Waals surface area contributed by atoms with E-state index in [1.165, 1.54) is 0 Å². The van der Waals surface area contributed by atoms with Gasteiger partial charge < -0.3 is 10.4 Å². The zero-order chi connectivity index (χ0) is 15.3. The molecule has 7 nitrogen and oxygen atoms in total. The number of carbonyl (C=O) groups is 1. The van der Waals surface area contributed by atoms with Crippen LogP contribution in [0.5, 0.6) is 0 Å². The molecule has 1 heterocycles. The summed E-state index contributed by atoms with van der Waals surface area (Å²) < 4.78 is 0. The molecule has 0 bridgehead atoms. The largest absolute Gasteiger partial charge is 0.478 e. The van der Waals surface area contributed by atoms with Crippen LogP contribution in [0.1, 0.15) is 44.0 Å². The second-order valence-corrected chi connectivity index (χ2v) is 4.95. The summed E-state index contributed by atoms with van der Waals surface area (Å²) in [6.07, 6.45) is 3.00. The molecule has 0 spiro atoms. The third-order valence-electron chi connectivity index (χ3n) is 3.15. The Morgan fingerprint density at radius 1 is 1.55 bits per heavy atom. The lowest BCUT2D eigenvalue weighted by Gasteiger charge is -2.18. The standard InChI is InChI=1S/C13H19N3O4/c1-4-8(2)5-9(3)15-12-11(16(19)20)6-10(7-14-12)13(17)18/h6-9H,4-5H2,1-3H3,(H,14,15)(H,17,18). The van der Waals surface area contributed by atoms with E-state index in [2.05, 4.69) is 24.1 Å². The van der Waals surface area contributed by atoms with Gasteiger partial charge in [-0.3, -0.25) is 10.1 Å². The summed E-state index contributed by atoms with van der Waals surface area (Å²) in [7, 11) is 0. The Labute approximate surface area is 117 Å². The summed E-state index contributed by atoms with van der Waals surface area (Å²) in [5.41, 5.74) is -0.516. The Morgan fingerprint density at radius 3 is 2.70 bits per heavy atom. The number of carboxylic acid groups (broad SMARTS) is 1. The smallest absolute Gasteiger partial charge is 0.337 e. The Morgan fingerprint density at radius 2 is 2.20 bits per heavy atom. The van der Waals surface area contributed by atoms with Crippen LogP contribution < -0.4 is 5.32 Å². The molecule has 7 heteroatoms. The summed E-state index contributed by atoms with van der Waals surface area (Å²) in [6.45, 7) is 6.11. The van der Waals surface area contributed by atoms with Gasteiger partial charge in [0.1, 0.15) is 0 Å². The summed E-state index contributed by atoms with van der Waals surface area (Å²) in [4.78, 5) is 25.0. The molecular formula is C13H19N3O4. The lowest BCUT2D eigenvalue weighted by molar-refractivity contribution is -0.384. The molecule has 1 rings (SSSR count). The van der Waals surface area contributed by atoms with Crippen molar-refractivity contribution in [1.82, 2.24) is 4.98 Å². The topological polar surface area (TPSA) is 105 Å². The second-order valence-electron chi connectivity index (χ2n) is 4.95. The zero-order valence-electron chi connectivity index (χ0n) is 11.8. The molecule has 0 fully saturated rings. The average molecular weight is 281 g/mol. The average Bonchev–Trinajstić information content (AvgIpc) is 2.38. The molecule has 0 amide bonds. The lowest BCUT2D eigenvalue weighted by atomic mass is 10.0. The van der Waals surface area contributed by atoms with Crippen LogP contribution in [-0.2, 0) is 0 Å². The van der Waals surface area contributed by atoms with Crippen LogP contribution in [0.15, 0.2) is 12.3 Å². The molecule has 0 aliphatic carbocycles. The van der Waals surface area contributed by atoms with Gasteiger partial charge in [0.15, 0.2) is 0 Å². The van der Waals surface area contributed by atoms with Crippen molar-refractivity contribution in [2.75, 3.05) is 5.32 Å². The van der Waals surface area contributed by atoms with E-state index in [0.717, 1.165) is 25.1 Å². The predicted octanol–water partition coefficient (Wildman–Crippen LogP) is 2.92. The number of pyridine rings is 1. The Bertz CT molecular complexity index is 504. The monoisotopic (exact) mass is 281 g/mol. The molecular weight excluding hydrogens is 262 g/mol. The van der Waals surface area contributed by atoms with Crippen molar-refractivity contribution < 1.29 is 14.8 Å². The van der Waals surface area contributed by atoms with Gasteiger partial charge in [-0.1, -0.05) is 20.3 Å². The van der Waals surface area contributed by atoms with Gasteiger partial charge in [0.2, 0.25) is 5.82 Å². The van der Waals surface area contributed by atoms with E-state index in [9.17, 15) is 14.9 Å². The molecule has 0 saturated carbocycles. The van der Waals surface area contributed by atoms with Crippen LogP contribution in [0.3, 0.4) is 0 Å². The molecule has 1 aromatic heterocycles. The minimum atomic E-state index is -1.24. The van der Waals surface area contributed by atoms with Gasteiger partial charge in [-0.05, 0) is 19.3 Å². The van der Waals surface area contributed by atoms with Crippen LogP contribution in [0.25, 0.3) is 0 Å². The molecule has 1 aromatic rings. The third-order valence-corrected chi connectivity index (χ3v) is 3.15. The van der Waals surface area contributed by atoms with Gasteiger partial charge in [0.25, 0.3) is 0 Å². The van der Waals surface area contributed by atoms with E-state index in [0.29, 0.717) is 5.92 Å². The summed E-state index contributed by atoms with van der Waals surface area (Å²) in [6, 6.07) is 1.04. The Kier molecular flexibility index (Phi) is 5.42. The molecule has 0 saturated heterocycles. The highest BCUT2D eigenvalue weighted by molar-refractivity contribution is 5.88. The Balaban J connectivity index is 2.94. The predicted molar refractivity (Wildman–Crippen MR) is 75.0 cm³/mol. The Hall–Kier alpha value is -2.18. The molecule has 0 aromatic carbocycles. The first-order valence-corrected chi connectivity index (χ1v) is 6.49. The van der Waals surface area contributed by atoms with Crippen molar-refractivity contribution in [3.8, 4) is 0 Å². The highest BCUT2D eigenvalue weighted by Crippen LogP contribution is 2.24. The first-order valence-electron chi connectivity index (χ1n) is 6.49. The first-order chi connectivity index (χ1) is 9.35. The number of aromatic carboxylic acids is 1. The zero-order valence-corrected chi connectivity index (χ0v) is 11.8. The van der Waals surface area contributed by atoms with Crippen LogP contribution in [-0.4, -0.2) is 27.0 Å². The molecule has 20 heavy (non-hydrogen) atoms. The van der Waals surface area contributed by atoms with E-state index in [4.69, 9.17) is 5.11 Å². The maximum Gasteiger partial charge on any atom is 0.337 e. The van der Waals surface area contributed by atoms with Crippen molar-refractivity contribution in [2.45, 2.75) is 39.7 Å². The molecule has 2 N–H and O–H groups in total. The fourth-order valence-corrected chi connectivity index (χ4v) is 1.88. The minimum Gasteiger partial charge on any atom is -0.478 e. The maximum absolute atomic E-state index is 11.0.